The molecule has 3 heterocycles. The Balaban J connectivity index is 1.73. The van der Waals surface area contributed by atoms with E-state index in [9.17, 15) is 22.8 Å². The molecule has 30 heavy (non-hydrogen) atoms. The maximum atomic E-state index is 13.0. The van der Waals surface area contributed by atoms with Crippen molar-refractivity contribution in [3.05, 3.63) is 34.5 Å². The number of hydrogen-bond donors (Lipinski definition) is 2. The number of nitrogens with two attached hydrogens (primary N) is 1. The highest BCUT2D eigenvalue weighted by Crippen LogP contribution is 2.34. The normalized spacial score (nSPS) is 16.4. The number of ketones is 1. The van der Waals surface area contributed by atoms with Crippen molar-refractivity contribution >= 4 is 29.3 Å². The Hall–Kier alpha value is -2.89. The lowest BCUT2D eigenvalue weighted by Crippen LogP contribution is -2.42. The molecule has 2 aromatic rings. The van der Waals surface area contributed by atoms with E-state index in [1.807, 2.05) is 11.8 Å². The van der Waals surface area contributed by atoms with Crippen LogP contribution in [0.4, 0.5) is 23.8 Å². The number of primary amides is 1. The van der Waals surface area contributed by atoms with Crippen LogP contribution in [0.1, 0.15) is 41.5 Å². The molecule has 3 rings (SSSR count). The molecule has 0 radical (unpaired) electrons. The van der Waals surface area contributed by atoms with Crippen LogP contribution in [0.15, 0.2) is 12.4 Å². The smallest absolute Gasteiger partial charge is 0.433 e. The number of hydrogen-bond acceptors (Lipinski definition) is 7. The summed E-state index contributed by atoms with van der Waals surface area (Å²) < 4.78 is 43.9. The molecule has 0 aliphatic carbocycles. The second kappa shape index (κ2) is 8.09. The zero-order valence-corrected chi connectivity index (χ0v) is 16.5. The van der Waals surface area contributed by atoms with Crippen LogP contribution in [0.2, 0.25) is 5.15 Å². The van der Waals surface area contributed by atoms with Gasteiger partial charge >= 0.3 is 12.3 Å². The van der Waals surface area contributed by atoms with Crippen LogP contribution in [-0.4, -0.2) is 51.7 Å². The van der Waals surface area contributed by atoms with E-state index in [1.165, 1.54) is 6.20 Å². The van der Waals surface area contributed by atoms with Crippen molar-refractivity contribution in [2.75, 3.05) is 24.6 Å². The minimum atomic E-state index is -4.78. The van der Waals surface area contributed by atoms with Gasteiger partial charge in [-0.15, -0.1) is 0 Å². The fourth-order valence-electron chi connectivity index (χ4n) is 3.13. The lowest BCUT2D eigenvalue weighted by molar-refractivity contribution is -0.141. The van der Waals surface area contributed by atoms with Crippen LogP contribution < -0.4 is 10.6 Å². The molecule has 1 aliphatic heterocycles. The fraction of sp³-hybridized carbons (Fsp3) is 0.471. The lowest BCUT2D eigenvalue weighted by Gasteiger charge is -2.39. The summed E-state index contributed by atoms with van der Waals surface area (Å²) in [5, 5.41) is 4.75. The molecule has 0 aromatic carbocycles. The average Bonchev–Trinajstić information content (AvgIpc) is 3.17. The zero-order chi connectivity index (χ0) is 22.1. The van der Waals surface area contributed by atoms with Crippen molar-refractivity contribution in [3.63, 3.8) is 0 Å². The van der Waals surface area contributed by atoms with Crippen LogP contribution >= 0.6 is 11.6 Å². The van der Waals surface area contributed by atoms with Crippen LogP contribution in [0, 0.1) is 5.41 Å². The zero-order valence-electron chi connectivity index (χ0n) is 15.8. The number of amides is 1. The summed E-state index contributed by atoms with van der Waals surface area (Å²) in [6, 6.07) is 0. The molecule has 0 spiro atoms. The van der Waals surface area contributed by atoms with Crippen LogP contribution in [0.25, 0.3) is 0 Å². The number of halogens is 4. The Kier molecular flexibility index (Phi) is 5.88. The number of H-pyrrole nitrogens is 1. The molecule has 0 unspecified atom stereocenters. The molecule has 3 N–H and O–H groups in total. The Bertz CT molecular complexity index is 956. The minimum Gasteiger partial charge on any atom is -0.449 e. The molecule has 0 bridgehead atoms. The molecule has 0 atom stereocenters. The van der Waals surface area contributed by atoms with Gasteiger partial charge in [0.05, 0.1) is 24.6 Å². The van der Waals surface area contributed by atoms with Crippen molar-refractivity contribution < 1.29 is 27.5 Å². The third-order valence-corrected chi connectivity index (χ3v) is 5.22. The Morgan fingerprint density at radius 2 is 2.00 bits per heavy atom. The number of carbonyl (C=O) groups excluding carboxylic acids is 2. The summed E-state index contributed by atoms with van der Waals surface area (Å²) in [5.74, 6) is -0.646. The number of aromatic amines is 1. The third-order valence-electron chi connectivity index (χ3n) is 4.96. The first-order chi connectivity index (χ1) is 14.0. The van der Waals surface area contributed by atoms with Gasteiger partial charge < -0.3 is 15.4 Å². The van der Waals surface area contributed by atoms with Crippen LogP contribution in [-0.2, 0) is 10.9 Å². The number of ether oxygens (including phenoxy) is 1. The van der Waals surface area contributed by atoms with E-state index in [1.54, 1.807) is 5.10 Å². The molecule has 1 fully saturated rings. The maximum absolute atomic E-state index is 13.0. The minimum absolute atomic E-state index is 0.197. The number of alkyl halides is 3. The summed E-state index contributed by atoms with van der Waals surface area (Å²) in [5.41, 5.74) is 2.41. The van der Waals surface area contributed by atoms with E-state index < -0.39 is 35.0 Å². The van der Waals surface area contributed by atoms with Crippen molar-refractivity contribution in [1.82, 2.24) is 20.2 Å². The first kappa shape index (κ1) is 21.8. The van der Waals surface area contributed by atoms with E-state index in [4.69, 9.17) is 22.1 Å². The lowest BCUT2D eigenvalue weighted by atomic mass is 9.81. The van der Waals surface area contributed by atoms with Gasteiger partial charge in [-0.1, -0.05) is 18.5 Å². The summed E-state index contributed by atoms with van der Waals surface area (Å²) >= 11 is 6.06. The molecule has 1 aliphatic rings. The number of rotatable bonds is 5. The predicted molar refractivity (Wildman–Crippen MR) is 99.2 cm³/mol. The van der Waals surface area contributed by atoms with E-state index in [-0.39, 0.29) is 17.2 Å². The molecular weight excluding hydrogens is 429 g/mol. The molecule has 9 nitrogen and oxygen atoms in total. The Morgan fingerprint density at radius 3 is 2.57 bits per heavy atom. The number of carbonyl (C=O) groups is 2. The Labute approximate surface area is 173 Å². The number of nitrogens with one attached hydrogen (secondary N) is 1. The monoisotopic (exact) mass is 446 g/mol. The summed E-state index contributed by atoms with van der Waals surface area (Å²) in [7, 11) is 0. The van der Waals surface area contributed by atoms with Gasteiger partial charge in [0.2, 0.25) is 5.78 Å². The van der Waals surface area contributed by atoms with Gasteiger partial charge in [-0.3, -0.25) is 9.89 Å². The highest BCUT2D eigenvalue weighted by atomic mass is 35.5. The number of aromatic nitrogens is 4. The molecule has 0 saturated carbocycles. The van der Waals surface area contributed by atoms with Crippen molar-refractivity contribution in [2.45, 2.75) is 25.9 Å². The number of nitrogens with zero attached hydrogens (tertiary/aromatic N) is 4. The van der Waals surface area contributed by atoms with Gasteiger partial charge in [-0.05, 0) is 12.8 Å². The topological polar surface area (TPSA) is 127 Å². The number of anilines is 1. The largest absolute Gasteiger partial charge is 0.449 e. The summed E-state index contributed by atoms with van der Waals surface area (Å²) in [6.45, 7) is 3.27. The molecule has 162 valence electrons. The van der Waals surface area contributed by atoms with Crippen molar-refractivity contribution in [1.29, 1.82) is 0 Å². The van der Waals surface area contributed by atoms with Crippen molar-refractivity contribution in [3.8, 4) is 0 Å². The van der Waals surface area contributed by atoms with E-state index >= 15 is 0 Å². The Morgan fingerprint density at radius 1 is 1.33 bits per heavy atom. The predicted octanol–water partition coefficient (Wildman–Crippen LogP) is 2.80. The summed E-state index contributed by atoms with van der Waals surface area (Å²) in [6.07, 6.45) is -2.21. The van der Waals surface area contributed by atoms with Gasteiger partial charge in [0.1, 0.15) is 11.5 Å². The average molecular weight is 447 g/mol. The van der Waals surface area contributed by atoms with Gasteiger partial charge in [0, 0.05) is 18.5 Å². The van der Waals surface area contributed by atoms with Crippen molar-refractivity contribution in [2.24, 2.45) is 11.1 Å². The van der Waals surface area contributed by atoms with E-state index in [0.717, 1.165) is 6.20 Å². The fourth-order valence-corrected chi connectivity index (χ4v) is 3.35. The second-order valence-corrected chi connectivity index (χ2v) is 7.62. The van der Waals surface area contributed by atoms with Gasteiger partial charge in [-0.2, -0.15) is 18.3 Å². The molecule has 2 aromatic heterocycles. The molecule has 1 amide bonds. The second-order valence-electron chi connectivity index (χ2n) is 7.26. The van der Waals surface area contributed by atoms with Crippen LogP contribution in [0.3, 0.4) is 0 Å². The highest BCUT2D eigenvalue weighted by Gasteiger charge is 2.38. The highest BCUT2D eigenvalue weighted by molar-refractivity contribution is 6.33. The maximum Gasteiger partial charge on any atom is 0.433 e. The first-order valence-corrected chi connectivity index (χ1v) is 9.23. The standard InChI is InChI=1S/C17H18ClF3N6O3/c1-16(8-30-15(22)29)2-4-27(5-3-16)10-7-23-11(14(18)25-10)12(28)9-6-24-26-13(9)17(19,20)21/h6-7H,2-5,8H2,1H3,(H2,22,29)(H,24,26). The summed E-state index contributed by atoms with van der Waals surface area (Å²) in [4.78, 5) is 33.3. The molecule has 13 heteroatoms. The van der Waals surface area contributed by atoms with E-state index in [0.29, 0.717) is 31.7 Å². The quantitative estimate of drug-likeness (QED) is 0.676. The third kappa shape index (κ3) is 4.64. The molecule has 1 saturated heterocycles. The van der Waals surface area contributed by atoms with Crippen LogP contribution in [0.5, 0.6) is 0 Å². The van der Waals surface area contributed by atoms with Gasteiger partial charge in [0.15, 0.2) is 10.8 Å². The SMILES string of the molecule is CC1(COC(N)=O)CCN(c2cnc(C(=O)c3cn[nH]c3C(F)(F)F)c(Cl)n2)CC1. The first-order valence-electron chi connectivity index (χ1n) is 8.85. The molecular formula is C17H18ClF3N6O3. The number of piperidine rings is 1. The van der Waals surface area contributed by atoms with Gasteiger partial charge in [0.25, 0.3) is 0 Å². The van der Waals surface area contributed by atoms with Gasteiger partial charge in [-0.25, -0.2) is 14.8 Å². The van der Waals surface area contributed by atoms with E-state index in [2.05, 4.69) is 15.1 Å².